The summed E-state index contributed by atoms with van der Waals surface area (Å²) in [6.45, 7) is 3.86. The van der Waals surface area contributed by atoms with Crippen molar-refractivity contribution in [1.29, 1.82) is 0 Å². The van der Waals surface area contributed by atoms with E-state index in [-0.39, 0.29) is 10.6 Å². The zero-order chi connectivity index (χ0) is 13.3. The molecule has 0 saturated carbocycles. The summed E-state index contributed by atoms with van der Waals surface area (Å²) in [4.78, 5) is 1.14. The molecule has 0 spiro atoms. The van der Waals surface area contributed by atoms with Crippen LogP contribution in [0, 0.1) is 19.7 Å². The predicted molar refractivity (Wildman–Crippen MR) is 77.5 cm³/mol. The van der Waals surface area contributed by atoms with Crippen LogP contribution in [0.5, 0.6) is 5.75 Å². The highest BCUT2D eigenvalue weighted by atomic mass is 79.9. The first-order valence-corrected chi connectivity index (χ1v) is 7.36. The lowest BCUT2D eigenvalue weighted by Crippen LogP contribution is -2.00. The summed E-state index contributed by atoms with van der Waals surface area (Å²) in [6, 6.07) is 5.08. The monoisotopic (exact) mass is 328 g/mol. The molecule has 0 N–H and O–H groups in total. The first-order chi connectivity index (χ1) is 8.54. The molecule has 1 heterocycles. The Morgan fingerprint density at radius 1 is 1.28 bits per heavy atom. The average Bonchev–Trinajstić information content (AvgIpc) is 2.75. The number of hydrogen-bond donors (Lipinski definition) is 0. The van der Waals surface area contributed by atoms with Crippen LogP contribution < -0.4 is 4.74 Å². The van der Waals surface area contributed by atoms with Crippen molar-refractivity contribution in [3.63, 3.8) is 0 Å². The molecule has 0 aliphatic rings. The number of aryl methyl sites for hydroxylation is 2. The molecule has 96 valence electrons. The summed E-state index contributed by atoms with van der Waals surface area (Å²) < 4.78 is 18.7. The number of halogens is 2. The number of thiophene rings is 1. The summed E-state index contributed by atoms with van der Waals surface area (Å²) in [5.41, 5.74) is 3.01. The second kappa shape index (κ2) is 5.41. The number of benzene rings is 1. The van der Waals surface area contributed by atoms with E-state index in [0.717, 1.165) is 27.3 Å². The van der Waals surface area contributed by atoms with Gasteiger partial charge in [0.25, 0.3) is 0 Å². The second-order valence-corrected chi connectivity index (χ2v) is 6.03. The molecule has 0 saturated heterocycles. The van der Waals surface area contributed by atoms with Crippen molar-refractivity contribution >= 4 is 27.3 Å². The standard InChI is InChI=1S/C14H14BrFOS/c1-8-6-10(16)7-9(2)12(8)13(15)14-11(17-3)4-5-18-14/h4-7,13H,1-3H3. The highest BCUT2D eigenvalue weighted by Crippen LogP contribution is 2.42. The van der Waals surface area contributed by atoms with Crippen LogP contribution in [0.4, 0.5) is 4.39 Å². The second-order valence-electron chi connectivity index (χ2n) is 4.17. The molecule has 0 aliphatic heterocycles. The maximum absolute atomic E-state index is 13.3. The number of rotatable bonds is 3. The summed E-state index contributed by atoms with van der Waals surface area (Å²) in [6.07, 6.45) is 0. The van der Waals surface area contributed by atoms with Gasteiger partial charge in [-0.15, -0.1) is 11.3 Å². The summed E-state index contributed by atoms with van der Waals surface area (Å²) in [5.74, 6) is 0.677. The van der Waals surface area contributed by atoms with Crippen LogP contribution in [0.1, 0.15) is 26.4 Å². The van der Waals surface area contributed by atoms with E-state index in [0.29, 0.717) is 0 Å². The zero-order valence-electron chi connectivity index (χ0n) is 10.5. The Labute approximate surface area is 119 Å². The van der Waals surface area contributed by atoms with Crippen LogP contribution in [0.15, 0.2) is 23.6 Å². The molecule has 1 atom stereocenters. The third kappa shape index (κ3) is 2.45. The maximum atomic E-state index is 13.3. The first-order valence-electron chi connectivity index (χ1n) is 5.56. The number of ether oxygens (including phenoxy) is 1. The van der Waals surface area contributed by atoms with Crippen molar-refractivity contribution in [1.82, 2.24) is 0 Å². The number of hydrogen-bond acceptors (Lipinski definition) is 2. The Morgan fingerprint density at radius 3 is 2.44 bits per heavy atom. The van der Waals surface area contributed by atoms with Crippen LogP contribution in [0.3, 0.4) is 0 Å². The molecule has 0 bridgehead atoms. The van der Waals surface area contributed by atoms with Gasteiger partial charge in [-0.2, -0.15) is 0 Å². The van der Waals surface area contributed by atoms with Crippen LogP contribution in [0.25, 0.3) is 0 Å². The van der Waals surface area contributed by atoms with E-state index in [2.05, 4.69) is 15.9 Å². The van der Waals surface area contributed by atoms with Gasteiger partial charge in [-0.1, -0.05) is 15.9 Å². The topological polar surface area (TPSA) is 9.23 Å². The van der Waals surface area contributed by atoms with Gasteiger partial charge in [-0.05, 0) is 54.1 Å². The van der Waals surface area contributed by atoms with E-state index in [4.69, 9.17) is 4.74 Å². The Balaban J connectivity index is 2.49. The van der Waals surface area contributed by atoms with Crippen LogP contribution in [-0.4, -0.2) is 7.11 Å². The van der Waals surface area contributed by atoms with E-state index in [1.54, 1.807) is 30.6 Å². The smallest absolute Gasteiger partial charge is 0.134 e. The number of alkyl halides is 1. The highest BCUT2D eigenvalue weighted by Gasteiger charge is 2.20. The van der Waals surface area contributed by atoms with Gasteiger partial charge in [0.15, 0.2) is 0 Å². The number of methoxy groups -OCH3 is 1. The Hall–Kier alpha value is -0.870. The van der Waals surface area contributed by atoms with Gasteiger partial charge in [0, 0.05) is 0 Å². The van der Waals surface area contributed by atoms with E-state index in [1.165, 1.54) is 0 Å². The van der Waals surface area contributed by atoms with Crippen LogP contribution in [-0.2, 0) is 0 Å². The molecule has 1 aromatic heterocycles. The molecule has 0 aliphatic carbocycles. The molecule has 2 rings (SSSR count). The zero-order valence-corrected chi connectivity index (χ0v) is 12.9. The third-order valence-electron chi connectivity index (χ3n) is 2.92. The normalized spacial score (nSPS) is 12.5. The minimum Gasteiger partial charge on any atom is -0.496 e. The molecule has 2 aromatic rings. The van der Waals surface area contributed by atoms with Gasteiger partial charge in [0.1, 0.15) is 11.6 Å². The molecule has 1 aromatic carbocycles. The van der Waals surface area contributed by atoms with Crippen molar-refractivity contribution in [2.75, 3.05) is 7.11 Å². The van der Waals surface area contributed by atoms with Crippen molar-refractivity contribution in [3.05, 3.63) is 51.0 Å². The van der Waals surface area contributed by atoms with Crippen molar-refractivity contribution in [2.45, 2.75) is 18.7 Å². The molecule has 0 amide bonds. The molecule has 18 heavy (non-hydrogen) atoms. The Morgan fingerprint density at radius 2 is 1.89 bits per heavy atom. The van der Waals surface area contributed by atoms with Gasteiger partial charge in [-0.25, -0.2) is 4.39 Å². The molecule has 4 heteroatoms. The summed E-state index contributed by atoms with van der Waals surface area (Å²) >= 11 is 5.33. The molecule has 0 radical (unpaired) electrons. The van der Waals surface area contributed by atoms with Crippen molar-refractivity contribution in [2.24, 2.45) is 0 Å². The largest absolute Gasteiger partial charge is 0.496 e. The van der Waals surface area contributed by atoms with E-state index in [1.807, 2.05) is 25.3 Å². The fraction of sp³-hybridized carbons (Fsp3) is 0.286. The van der Waals surface area contributed by atoms with Crippen LogP contribution in [0.2, 0.25) is 0 Å². The highest BCUT2D eigenvalue weighted by molar-refractivity contribution is 9.09. The first kappa shape index (κ1) is 13.6. The van der Waals surface area contributed by atoms with Crippen molar-refractivity contribution < 1.29 is 9.13 Å². The quantitative estimate of drug-likeness (QED) is 0.720. The third-order valence-corrected chi connectivity index (χ3v) is 5.10. The van der Waals surface area contributed by atoms with Crippen LogP contribution >= 0.6 is 27.3 Å². The van der Waals surface area contributed by atoms with Gasteiger partial charge in [0.05, 0.1) is 16.8 Å². The fourth-order valence-electron chi connectivity index (χ4n) is 2.12. The predicted octanol–water partition coefficient (Wildman–Crippen LogP) is 5.00. The minimum atomic E-state index is -0.188. The molecular weight excluding hydrogens is 315 g/mol. The SMILES string of the molecule is COc1ccsc1C(Br)c1c(C)cc(F)cc1C. The fourth-order valence-corrected chi connectivity index (χ4v) is 4.23. The lowest BCUT2D eigenvalue weighted by Gasteiger charge is -2.16. The molecular formula is C14H14BrFOS. The van der Waals surface area contributed by atoms with E-state index >= 15 is 0 Å². The van der Waals surface area contributed by atoms with Gasteiger partial charge < -0.3 is 4.74 Å². The Kier molecular flexibility index (Phi) is 4.07. The maximum Gasteiger partial charge on any atom is 0.134 e. The molecule has 0 fully saturated rings. The summed E-state index contributed by atoms with van der Waals surface area (Å²) in [7, 11) is 1.66. The minimum absolute atomic E-state index is 0.0352. The molecule has 1 nitrogen and oxygen atoms in total. The molecule has 1 unspecified atom stereocenters. The van der Waals surface area contributed by atoms with E-state index in [9.17, 15) is 4.39 Å². The van der Waals surface area contributed by atoms with Crippen molar-refractivity contribution in [3.8, 4) is 5.75 Å². The summed E-state index contributed by atoms with van der Waals surface area (Å²) in [5, 5.41) is 2.00. The lowest BCUT2D eigenvalue weighted by molar-refractivity contribution is 0.413. The van der Waals surface area contributed by atoms with E-state index < -0.39 is 0 Å². The van der Waals surface area contributed by atoms with Gasteiger partial charge in [-0.3, -0.25) is 0 Å². The van der Waals surface area contributed by atoms with Gasteiger partial charge >= 0.3 is 0 Å². The van der Waals surface area contributed by atoms with Gasteiger partial charge in [0.2, 0.25) is 0 Å². The lowest BCUT2D eigenvalue weighted by atomic mass is 9.99. The Bertz CT molecular complexity index is 542. The average molecular weight is 329 g/mol.